The third kappa shape index (κ3) is 3.70. The van der Waals surface area contributed by atoms with Gasteiger partial charge in [0, 0.05) is 17.8 Å². The highest BCUT2D eigenvalue weighted by Crippen LogP contribution is 2.23. The van der Waals surface area contributed by atoms with Crippen LogP contribution in [0.4, 0.5) is 5.69 Å². The van der Waals surface area contributed by atoms with E-state index < -0.39 is 5.95 Å². The van der Waals surface area contributed by atoms with Gasteiger partial charge < -0.3 is 14.9 Å². The van der Waals surface area contributed by atoms with Gasteiger partial charge in [0.25, 0.3) is 5.03 Å². The predicted octanol–water partition coefficient (Wildman–Crippen LogP) is 1.76. The molecule has 0 saturated heterocycles. The molecule has 6 nitrogen and oxygen atoms in total. The number of nitrogens with one attached hydrogen (secondary N) is 1. The Morgan fingerprint density at radius 1 is 1.13 bits per heavy atom. The van der Waals surface area contributed by atoms with Crippen molar-refractivity contribution in [2.45, 2.75) is 5.03 Å². The molecule has 0 saturated carbocycles. The number of thioether (sulfide) groups is 1. The summed E-state index contributed by atoms with van der Waals surface area (Å²) in [5, 5.41) is 18.5. The van der Waals surface area contributed by atoms with Crippen LogP contribution >= 0.6 is 11.8 Å². The summed E-state index contributed by atoms with van der Waals surface area (Å²) in [4.78, 5) is 12.0. The Labute approximate surface area is 136 Å². The predicted molar refractivity (Wildman–Crippen MR) is 83.3 cm³/mol. The van der Waals surface area contributed by atoms with Crippen molar-refractivity contribution in [3.8, 4) is 11.6 Å². The van der Waals surface area contributed by atoms with Crippen LogP contribution in [0, 0.1) is 0 Å². The van der Waals surface area contributed by atoms with Crippen molar-refractivity contribution in [2.75, 3.05) is 11.1 Å². The van der Waals surface area contributed by atoms with Crippen molar-refractivity contribution < 1.29 is 19.1 Å². The second-order valence-corrected chi connectivity index (χ2v) is 5.58. The minimum absolute atomic E-state index is 0.0815. The van der Waals surface area contributed by atoms with Crippen molar-refractivity contribution in [3.05, 3.63) is 60.7 Å². The van der Waals surface area contributed by atoms with Crippen molar-refractivity contribution in [2.24, 2.45) is 0 Å². The Hall–Kier alpha value is -2.80. The van der Waals surface area contributed by atoms with Gasteiger partial charge in [-0.25, -0.2) is 0 Å². The monoisotopic (exact) mass is 327 g/mol. The summed E-state index contributed by atoms with van der Waals surface area (Å²) < 4.78 is 6.10. The Morgan fingerprint density at radius 3 is 2.48 bits per heavy atom. The minimum atomic E-state index is -0.564. The number of amides is 1. The first-order valence-corrected chi connectivity index (χ1v) is 7.85. The van der Waals surface area contributed by atoms with Gasteiger partial charge in [-0.1, -0.05) is 36.4 Å². The van der Waals surface area contributed by atoms with Crippen LogP contribution in [0.1, 0.15) is 0 Å². The van der Waals surface area contributed by atoms with Gasteiger partial charge >= 0.3 is 0 Å². The van der Waals surface area contributed by atoms with Gasteiger partial charge in [-0.15, -0.1) is 0 Å². The lowest BCUT2D eigenvalue weighted by Gasteiger charge is -2.03. The molecule has 3 rings (SSSR count). The van der Waals surface area contributed by atoms with Crippen LogP contribution in [0.25, 0.3) is 5.69 Å². The highest BCUT2D eigenvalue weighted by Gasteiger charge is 2.21. The van der Waals surface area contributed by atoms with E-state index in [0.29, 0.717) is 11.4 Å². The number of aromatic nitrogens is 2. The molecule has 3 aromatic rings. The zero-order chi connectivity index (χ0) is 16.1. The van der Waals surface area contributed by atoms with Gasteiger partial charge in [-0.05, 0) is 28.6 Å². The molecule has 0 radical (unpaired) electrons. The zero-order valence-electron chi connectivity index (χ0n) is 12.0. The molecule has 0 fully saturated rings. The third-order valence-corrected chi connectivity index (χ3v) is 3.99. The van der Waals surface area contributed by atoms with Gasteiger partial charge in [0.1, 0.15) is 0 Å². The average Bonchev–Trinajstić information content (AvgIpc) is 2.95. The van der Waals surface area contributed by atoms with E-state index in [4.69, 9.17) is 4.52 Å². The van der Waals surface area contributed by atoms with Gasteiger partial charge in [-0.2, -0.15) is 0 Å². The van der Waals surface area contributed by atoms with E-state index >= 15 is 0 Å². The van der Waals surface area contributed by atoms with Crippen molar-refractivity contribution in [1.29, 1.82) is 0 Å². The van der Waals surface area contributed by atoms with Gasteiger partial charge in [0.15, 0.2) is 5.95 Å². The first kappa shape index (κ1) is 15.1. The number of carbonyl (C=O) groups excluding carboxylic acids is 1. The van der Waals surface area contributed by atoms with Crippen molar-refractivity contribution >= 4 is 23.4 Å². The molecule has 0 unspecified atom stereocenters. The second kappa shape index (κ2) is 6.97. The summed E-state index contributed by atoms with van der Waals surface area (Å²) >= 11 is 1.08. The van der Waals surface area contributed by atoms with Crippen LogP contribution in [0.3, 0.4) is 0 Å². The first-order valence-electron chi connectivity index (χ1n) is 6.86. The molecule has 1 heterocycles. The smallest absolute Gasteiger partial charge is 0.298 e. The molecule has 1 aromatic heterocycles. The summed E-state index contributed by atoms with van der Waals surface area (Å²) in [6, 6.07) is 18.3. The quantitative estimate of drug-likeness (QED) is 0.570. The fourth-order valence-corrected chi connectivity index (χ4v) is 2.70. The maximum atomic E-state index is 12.0. The Morgan fingerprint density at radius 2 is 1.78 bits per heavy atom. The molecule has 1 amide bonds. The van der Waals surface area contributed by atoms with Crippen molar-refractivity contribution in [1.82, 2.24) is 5.27 Å². The largest absolute Gasteiger partial charge is 0.538 e. The molecular formula is C16H13N3O3S. The lowest BCUT2D eigenvalue weighted by molar-refractivity contribution is -0.705. The summed E-state index contributed by atoms with van der Waals surface area (Å²) in [6.07, 6.45) is 0. The summed E-state index contributed by atoms with van der Waals surface area (Å²) in [5.74, 6) is -0.689. The highest BCUT2D eigenvalue weighted by molar-refractivity contribution is 7.99. The first-order chi connectivity index (χ1) is 11.2. The minimum Gasteiger partial charge on any atom is -0.538 e. The molecule has 23 heavy (non-hydrogen) atoms. The summed E-state index contributed by atoms with van der Waals surface area (Å²) in [5.41, 5.74) is 1.41. The third-order valence-electron chi connectivity index (χ3n) is 2.97. The number of nitrogens with zero attached hydrogens (tertiary/aromatic N) is 2. The van der Waals surface area contributed by atoms with Crippen LogP contribution in [0.5, 0.6) is 5.95 Å². The molecule has 2 aromatic carbocycles. The number of benzene rings is 2. The molecule has 116 valence electrons. The standard InChI is InChI=1S/C16H13N3O3S/c20-14(17-12-7-3-1-4-8-12)11-23-15-16(21)22-18-19(15)13-9-5-2-6-10-13/h1-10H,11H2,(H-,17,18,20,21). The lowest BCUT2D eigenvalue weighted by Crippen LogP contribution is -2.35. The molecule has 0 aliphatic carbocycles. The molecule has 0 aliphatic heterocycles. The fourth-order valence-electron chi connectivity index (χ4n) is 1.95. The maximum absolute atomic E-state index is 12.0. The van der Waals surface area contributed by atoms with Gasteiger partial charge in [-0.3, -0.25) is 4.79 Å². The number of hydrogen-bond donors (Lipinski definition) is 1. The Bertz CT molecular complexity index is 791. The normalized spacial score (nSPS) is 10.4. The number of anilines is 1. The van der Waals surface area contributed by atoms with Gasteiger partial charge in [0.2, 0.25) is 11.6 Å². The van der Waals surface area contributed by atoms with E-state index in [-0.39, 0.29) is 16.7 Å². The molecule has 0 spiro atoms. The Kier molecular flexibility index (Phi) is 4.58. The number of hydrogen-bond acceptors (Lipinski definition) is 5. The summed E-state index contributed by atoms with van der Waals surface area (Å²) in [6.45, 7) is 0. The van der Waals surface area contributed by atoms with E-state index in [1.807, 2.05) is 36.4 Å². The van der Waals surface area contributed by atoms with E-state index in [2.05, 4.69) is 10.6 Å². The van der Waals surface area contributed by atoms with Crippen LogP contribution in [-0.4, -0.2) is 16.9 Å². The number of carbonyl (C=O) groups is 1. The lowest BCUT2D eigenvalue weighted by atomic mass is 10.3. The highest BCUT2D eigenvalue weighted by atomic mass is 32.2. The van der Waals surface area contributed by atoms with E-state index in [1.54, 1.807) is 24.3 Å². The molecule has 1 N–H and O–H groups in total. The molecule has 0 atom stereocenters. The van der Waals surface area contributed by atoms with Crippen molar-refractivity contribution in [3.63, 3.8) is 0 Å². The fraction of sp³-hybridized carbons (Fsp3) is 0.0625. The van der Waals surface area contributed by atoms with E-state index in [0.717, 1.165) is 11.8 Å². The van der Waals surface area contributed by atoms with E-state index in [1.165, 1.54) is 4.68 Å². The molecule has 7 heteroatoms. The molecular weight excluding hydrogens is 314 g/mol. The molecule has 0 aliphatic rings. The second-order valence-electron chi connectivity index (χ2n) is 4.62. The average molecular weight is 327 g/mol. The number of para-hydroxylation sites is 2. The summed E-state index contributed by atoms with van der Waals surface area (Å²) in [7, 11) is 0. The Balaban J connectivity index is 1.69. The van der Waals surface area contributed by atoms with Crippen LogP contribution in [0.2, 0.25) is 0 Å². The SMILES string of the molecule is O=C(CSc1c([O-])on[n+]1-c1ccccc1)Nc1ccccc1. The topological polar surface area (TPSA) is 82.1 Å². The van der Waals surface area contributed by atoms with E-state index in [9.17, 15) is 9.90 Å². The van der Waals surface area contributed by atoms with Crippen LogP contribution in [-0.2, 0) is 4.79 Å². The maximum Gasteiger partial charge on any atom is 0.298 e. The molecule has 0 bridgehead atoms. The number of rotatable bonds is 5. The van der Waals surface area contributed by atoms with Crippen LogP contribution < -0.4 is 15.1 Å². The van der Waals surface area contributed by atoms with Gasteiger partial charge in [0.05, 0.1) is 11.0 Å². The zero-order valence-corrected chi connectivity index (χ0v) is 12.8. The van der Waals surface area contributed by atoms with Crippen LogP contribution in [0.15, 0.2) is 70.2 Å².